The van der Waals surface area contributed by atoms with Gasteiger partial charge in [-0.25, -0.2) is 15.1 Å². The van der Waals surface area contributed by atoms with Crippen molar-refractivity contribution in [1.82, 2.24) is 20.2 Å². The number of hydrogen-bond acceptors (Lipinski definition) is 7. The first-order valence-electron chi connectivity index (χ1n) is 11.8. The molecule has 0 amide bonds. The Morgan fingerprint density at radius 1 is 1.06 bits per heavy atom. The first-order valence-corrected chi connectivity index (χ1v) is 11.8. The van der Waals surface area contributed by atoms with E-state index in [4.69, 9.17) is 0 Å². The Balaban J connectivity index is 1.39. The van der Waals surface area contributed by atoms with Crippen LogP contribution in [0, 0.1) is 22.7 Å². The van der Waals surface area contributed by atoms with Crippen LogP contribution in [0.1, 0.15) is 26.7 Å². The second kappa shape index (κ2) is 9.18. The van der Waals surface area contributed by atoms with Crippen LogP contribution in [0.5, 0.6) is 0 Å². The molecule has 2 aromatic carbocycles. The Labute approximate surface area is 203 Å². The van der Waals surface area contributed by atoms with Crippen LogP contribution in [-0.2, 0) is 0 Å². The average molecular weight is 466 g/mol. The summed E-state index contributed by atoms with van der Waals surface area (Å²) in [6.45, 7) is 5.94. The van der Waals surface area contributed by atoms with E-state index in [1.165, 1.54) is 6.20 Å². The molecule has 1 saturated heterocycles. The van der Waals surface area contributed by atoms with Gasteiger partial charge < -0.3 is 10.2 Å². The summed E-state index contributed by atoms with van der Waals surface area (Å²) in [7, 11) is 0. The zero-order valence-corrected chi connectivity index (χ0v) is 19.8. The predicted octanol–water partition coefficient (Wildman–Crippen LogP) is 4.89. The molecule has 8 nitrogen and oxygen atoms in total. The summed E-state index contributed by atoms with van der Waals surface area (Å²) in [6, 6.07) is 20.2. The first kappa shape index (κ1) is 22.5. The zero-order chi connectivity index (χ0) is 24.4. The van der Waals surface area contributed by atoms with Gasteiger partial charge in [0, 0.05) is 30.0 Å². The van der Waals surface area contributed by atoms with Crippen molar-refractivity contribution in [3.63, 3.8) is 0 Å². The van der Waals surface area contributed by atoms with Crippen LogP contribution >= 0.6 is 0 Å². The molecule has 5 rings (SSSR count). The maximum atomic E-state index is 12.6. The van der Waals surface area contributed by atoms with E-state index in [0.717, 1.165) is 42.9 Å². The third-order valence-corrected chi connectivity index (χ3v) is 6.85. The Morgan fingerprint density at radius 3 is 2.46 bits per heavy atom. The molecule has 8 heteroatoms. The number of aromatic amines is 1. The van der Waals surface area contributed by atoms with E-state index in [-0.39, 0.29) is 11.0 Å². The van der Waals surface area contributed by atoms with E-state index >= 15 is 0 Å². The van der Waals surface area contributed by atoms with Gasteiger partial charge in [0.25, 0.3) is 5.56 Å². The number of hydrogen-bond donors (Lipinski definition) is 2. The summed E-state index contributed by atoms with van der Waals surface area (Å²) in [6.07, 6.45) is 3.55. The van der Waals surface area contributed by atoms with Crippen molar-refractivity contribution >= 4 is 28.1 Å². The SMILES string of the molecule is CC(C)(C#N)C1CCN(c2ccc(Nc3nc(-c4ccccc4)nc4cn[nH]c(=O)c34)cc2)CC1. The largest absolute Gasteiger partial charge is 0.372 e. The molecule has 1 aliphatic rings. The van der Waals surface area contributed by atoms with E-state index in [1.54, 1.807) is 0 Å². The van der Waals surface area contributed by atoms with E-state index in [9.17, 15) is 10.1 Å². The number of aromatic nitrogens is 4. The Hall–Kier alpha value is -4.25. The maximum Gasteiger partial charge on any atom is 0.277 e. The lowest BCUT2D eigenvalue weighted by atomic mass is 9.75. The maximum absolute atomic E-state index is 12.6. The molecule has 35 heavy (non-hydrogen) atoms. The minimum absolute atomic E-state index is 0.286. The van der Waals surface area contributed by atoms with Crippen molar-refractivity contribution in [2.75, 3.05) is 23.3 Å². The molecule has 0 unspecified atom stereocenters. The van der Waals surface area contributed by atoms with Crippen LogP contribution in [0.2, 0.25) is 0 Å². The Morgan fingerprint density at radius 2 is 1.77 bits per heavy atom. The lowest BCUT2D eigenvalue weighted by Gasteiger charge is -2.38. The molecule has 0 atom stereocenters. The fraction of sp³-hybridized carbons (Fsp3) is 0.296. The summed E-state index contributed by atoms with van der Waals surface area (Å²) >= 11 is 0. The highest BCUT2D eigenvalue weighted by Crippen LogP contribution is 2.36. The highest BCUT2D eigenvalue weighted by atomic mass is 16.1. The third-order valence-electron chi connectivity index (χ3n) is 6.85. The molecule has 3 heterocycles. The molecule has 0 spiro atoms. The normalized spacial score (nSPS) is 14.6. The minimum Gasteiger partial charge on any atom is -0.372 e. The van der Waals surface area contributed by atoms with Crippen LogP contribution in [0.15, 0.2) is 65.6 Å². The molecular weight excluding hydrogens is 438 g/mol. The standard InChI is InChI=1S/C27H27N7O/c1-27(2,17-28)19-12-14-34(15-13-19)21-10-8-20(9-11-21)30-25-23-22(16-29-33-26(23)35)31-24(32-25)18-6-4-3-5-7-18/h3-11,16,19H,12-15H2,1-2H3,(H,33,35)(H,30,31,32). The number of H-pyrrole nitrogens is 1. The number of benzene rings is 2. The minimum atomic E-state index is -0.343. The van der Waals surface area contributed by atoms with Crippen molar-refractivity contribution in [3.8, 4) is 17.5 Å². The summed E-state index contributed by atoms with van der Waals surface area (Å²) in [5.41, 5.74) is 2.67. The van der Waals surface area contributed by atoms with Gasteiger partial charge in [0.2, 0.25) is 0 Å². The van der Waals surface area contributed by atoms with Crippen LogP contribution in [0.25, 0.3) is 22.3 Å². The Bertz CT molecular complexity index is 1430. The highest BCUT2D eigenvalue weighted by molar-refractivity contribution is 5.91. The van der Waals surface area contributed by atoms with Gasteiger partial charge in [0.1, 0.15) is 16.7 Å². The molecule has 0 aliphatic carbocycles. The summed E-state index contributed by atoms with van der Waals surface area (Å²) in [5, 5.41) is 19.5. The number of fused-ring (bicyclic) bond motifs is 1. The summed E-state index contributed by atoms with van der Waals surface area (Å²) in [4.78, 5) is 24.1. The molecule has 2 aromatic heterocycles. The van der Waals surface area contributed by atoms with Gasteiger partial charge in [-0.3, -0.25) is 4.79 Å². The molecule has 0 bridgehead atoms. The van der Waals surface area contributed by atoms with Crippen LogP contribution in [0.4, 0.5) is 17.2 Å². The van der Waals surface area contributed by atoms with E-state index in [2.05, 4.69) is 48.6 Å². The van der Waals surface area contributed by atoms with E-state index in [0.29, 0.717) is 28.5 Å². The predicted molar refractivity (Wildman–Crippen MR) is 137 cm³/mol. The summed E-state index contributed by atoms with van der Waals surface area (Å²) in [5.74, 6) is 1.37. The lowest BCUT2D eigenvalue weighted by molar-refractivity contribution is 0.241. The number of nitrogens with zero attached hydrogens (tertiary/aromatic N) is 5. The number of anilines is 3. The summed E-state index contributed by atoms with van der Waals surface area (Å²) < 4.78 is 0. The highest BCUT2D eigenvalue weighted by Gasteiger charge is 2.32. The van der Waals surface area contributed by atoms with Crippen LogP contribution in [-0.4, -0.2) is 33.3 Å². The molecule has 1 aliphatic heterocycles. The molecule has 0 radical (unpaired) electrons. The monoisotopic (exact) mass is 465 g/mol. The first-order chi connectivity index (χ1) is 16.9. The molecular formula is C27H27N7O. The molecule has 2 N–H and O–H groups in total. The topological polar surface area (TPSA) is 111 Å². The number of nitrogens with one attached hydrogen (secondary N) is 2. The molecule has 176 valence electrons. The average Bonchev–Trinajstić information content (AvgIpc) is 2.89. The number of piperidine rings is 1. The molecule has 0 saturated carbocycles. The fourth-order valence-electron chi connectivity index (χ4n) is 4.65. The molecule has 4 aromatic rings. The quantitative estimate of drug-likeness (QED) is 0.432. The van der Waals surface area contributed by atoms with E-state index < -0.39 is 0 Å². The second-order valence-electron chi connectivity index (χ2n) is 9.49. The van der Waals surface area contributed by atoms with Gasteiger partial charge in [-0.2, -0.15) is 10.4 Å². The third kappa shape index (κ3) is 4.58. The number of nitriles is 1. The van der Waals surface area contributed by atoms with Gasteiger partial charge in [-0.1, -0.05) is 30.3 Å². The van der Waals surface area contributed by atoms with Gasteiger partial charge >= 0.3 is 0 Å². The number of rotatable bonds is 5. The van der Waals surface area contributed by atoms with Crippen LogP contribution < -0.4 is 15.8 Å². The smallest absolute Gasteiger partial charge is 0.277 e. The lowest BCUT2D eigenvalue weighted by Crippen LogP contribution is -2.38. The van der Waals surface area contributed by atoms with Crippen molar-refractivity contribution in [2.45, 2.75) is 26.7 Å². The van der Waals surface area contributed by atoms with E-state index in [1.807, 2.05) is 56.3 Å². The van der Waals surface area contributed by atoms with Crippen molar-refractivity contribution in [3.05, 3.63) is 71.1 Å². The Kier molecular flexibility index (Phi) is 5.91. The van der Waals surface area contributed by atoms with Gasteiger partial charge in [0.15, 0.2) is 5.82 Å². The van der Waals surface area contributed by atoms with Crippen molar-refractivity contribution in [1.29, 1.82) is 5.26 Å². The fourth-order valence-corrected chi connectivity index (χ4v) is 4.65. The second-order valence-corrected chi connectivity index (χ2v) is 9.49. The van der Waals surface area contributed by atoms with Crippen molar-refractivity contribution in [2.24, 2.45) is 11.3 Å². The van der Waals surface area contributed by atoms with Gasteiger partial charge in [-0.15, -0.1) is 0 Å². The van der Waals surface area contributed by atoms with Gasteiger partial charge in [-0.05, 0) is 56.9 Å². The van der Waals surface area contributed by atoms with Crippen LogP contribution in [0.3, 0.4) is 0 Å². The van der Waals surface area contributed by atoms with Crippen molar-refractivity contribution < 1.29 is 0 Å². The zero-order valence-electron chi connectivity index (χ0n) is 19.8. The molecule has 1 fully saturated rings. The van der Waals surface area contributed by atoms with Gasteiger partial charge in [0.05, 0.1) is 17.7 Å².